The Morgan fingerprint density at radius 1 is 1.64 bits per heavy atom. The summed E-state index contributed by atoms with van der Waals surface area (Å²) in [7, 11) is 1.65. The summed E-state index contributed by atoms with van der Waals surface area (Å²) in [5.41, 5.74) is 0. The first-order chi connectivity index (χ1) is 6.86. The molecule has 0 aliphatic rings. The van der Waals surface area contributed by atoms with Gasteiger partial charge in [0.2, 0.25) is 0 Å². The van der Waals surface area contributed by atoms with E-state index in [1.165, 1.54) is 0 Å². The molecule has 14 heavy (non-hydrogen) atoms. The summed E-state index contributed by atoms with van der Waals surface area (Å²) >= 11 is 0. The Labute approximate surface area is 83.9 Å². The molecule has 0 amide bonds. The van der Waals surface area contributed by atoms with Crippen LogP contribution < -0.4 is 5.32 Å². The number of nitrogens with one attached hydrogen (secondary N) is 1. The summed E-state index contributed by atoms with van der Waals surface area (Å²) in [6, 6.07) is 3.94. The van der Waals surface area contributed by atoms with Gasteiger partial charge in [-0.05, 0) is 18.6 Å². The van der Waals surface area contributed by atoms with Crippen molar-refractivity contribution in [3.8, 4) is 0 Å². The maximum absolute atomic E-state index is 8.80. The van der Waals surface area contributed by atoms with Gasteiger partial charge in [0.25, 0.3) is 0 Å². The second-order valence-electron chi connectivity index (χ2n) is 3.12. The van der Waals surface area contributed by atoms with Crippen LogP contribution in [0.2, 0.25) is 0 Å². The van der Waals surface area contributed by atoms with Crippen LogP contribution in [0, 0.1) is 0 Å². The van der Waals surface area contributed by atoms with E-state index >= 15 is 0 Å². The van der Waals surface area contributed by atoms with E-state index in [0.717, 1.165) is 5.76 Å². The van der Waals surface area contributed by atoms with Gasteiger partial charge in [-0.2, -0.15) is 0 Å². The molecule has 1 heterocycles. The lowest BCUT2D eigenvalue weighted by molar-refractivity contribution is 0.147. The summed E-state index contributed by atoms with van der Waals surface area (Å²) in [5.74, 6) is 0.893. The van der Waals surface area contributed by atoms with Crippen LogP contribution in [0.1, 0.15) is 12.2 Å². The summed E-state index contributed by atoms with van der Waals surface area (Å²) in [4.78, 5) is 0. The Bertz CT molecular complexity index is 217. The van der Waals surface area contributed by atoms with Crippen molar-refractivity contribution in [2.75, 3.05) is 20.3 Å². The molecule has 0 bridgehead atoms. The van der Waals surface area contributed by atoms with Gasteiger partial charge >= 0.3 is 0 Å². The molecule has 0 saturated carbocycles. The molecule has 1 unspecified atom stereocenters. The average molecular weight is 199 g/mol. The van der Waals surface area contributed by atoms with Crippen molar-refractivity contribution in [1.29, 1.82) is 0 Å². The number of hydrogen-bond acceptors (Lipinski definition) is 4. The van der Waals surface area contributed by atoms with Crippen LogP contribution in [-0.2, 0) is 11.3 Å². The van der Waals surface area contributed by atoms with Crippen LogP contribution in [0.3, 0.4) is 0 Å². The van der Waals surface area contributed by atoms with Gasteiger partial charge in [-0.3, -0.25) is 0 Å². The predicted octanol–water partition coefficient (Wildman–Crippen LogP) is 0.767. The van der Waals surface area contributed by atoms with Crippen LogP contribution >= 0.6 is 0 Å². The zero-order valence-corrected chi connectivity index (χ0v) is 8.40. The number of aliphatic hydroxyl groups excluding tert-OH is 1. The second kappa shape index (κ2) is 6.59. The molecule has 1 aromatic rings. The number of methoxy groups -OCH3 is 1. The first-order valence-electron chi connectivity index (χ1n) is 4.72. The smallest absolute Gasteiger partial charge is 0.117 e. The fourth-order valence-corrected chi connectivity index (χ4v) is 1.26. The molecule has 0 aliphatic carbocycles. The molecular formula is C10H17NO3. The van der Waals surface area contributed by atoms with Crippen LogP contribution in [0.25, 0.3) is 0 Å². The van der Waals surface area contributed by atoms with Crippen LogP contribution in [0.4, 0.5) is 0 Å². The molecule has 0 spiro atoms. The van der Waals surface area contributed by atoms with E-state index in [9.17, 15) is 0 Å². The Hall–Kier alpha value is -0.840. The number of ether oxygens (including phenoxy) is 1. The lowest BCUT2D eigenvalue weighted by Gasteiger charge is -2.15. The third kappa shape index (κ3) is 3.91. The van der Waals surface area contributed by atoms with Crippen molar-refractivity contribution in [3.63, 3.8) is 0 Å². The average Bonchev–Trinajstić information content (AvgIpc) is 2.67. The van der Waals surface area contributed by atoms with Gasteiger partial charge in [0.05, 0.1) is 19.4 Å². The summed E-state index contributed by atoms with van der Waals surface area (Å²) in [6.07, 6.45) is 2.34. The SMILES string of the molecule is COCC(CCO)NCc1ccco1. The number of rotatable bonds is 7. The highest BCUT2D eigenvalue weighted by Gasteiger charge is 2.07. The molecule has 4 heteroatoms. The number of hydrogen-bond donors (Lipinski definition) is 2. The minimum absolute atomic E-state index is 0.166. The van der Waals surface area contributed by atoms with Gasteiger partial charge in [-0.1, -0.05) is 0 Å². The van der Waals surface area contributed by atoms with Crippen molar-refractivity contribution < 1.29 is 14.3 Å². The molecule has 2 N–H and O–H groups in total. The van der Waals surface area contributed by atoms with Crippen molar-refractivity contribution in [3.05, 3.63) is 24.2 Å². The zero-order valence-electron chi connectivity index (χ0n) is 8.40. The minimum atomic E-state index is 0.166. The van der Waals surface area contributed by atoms with Gasteiger partial charge in [-0.15, -0.1) is 0 Å². The minimum Gasteiger partial charge on any atom is -0.468 e. The third-order valence-corrected chi connectivity index (χ3v) is 1.99. The highest BCUT2D eigenvalue weighted by molar-refractivity contribution is 4.97. The van der Waals surface area contributed by atoms with Gasteiger partial charge < -0.3 is 19.6 Å². The number of aliphatic hydroxyl groups is 1. The quantitative estimate of drug-likeness (QED) is 0.681. The van der Waals surface area contributed by atoms with Gasteiger partial charge in [0.15, 0.2) is 0 Å². The molecule has 0 aliphatic heterocycles. The molecule has 0 saturated heterocycles. The lowest BCUT2D eigenvalue weighted by atomic mass is 10.2. The Balaban J connectivity index is 2.25. The maximum atomic E-state index is 8.80. The van der Waals surface area contributed by atoms with E-state index in [-0.39, 0.29) is 12.6 Å². The van der Waals surface area contributed by atoms with Crippen molar-refractivity contribution in [1.82, 2.24) is 5.32 Å². The molecule has 0 aromatic carbocycles. The normalized spacial score (nSPS) is 13.0. The Morgan fingerprint density at radius 2 is 2.50 bits per heavy atom. The van der Waals surface area contributed by atoms with Crippen LogP contribution in [0.15, 0.2) is 22.8 Å². The molecule has 4 nitrogen and oxygen atoms in total. The first-order valence-corrected chi connectivity index (χ1v) is 4.72. The van der Waals surface area contributed by atoms with E-state index in [0.29, 0.717) is 19.6 Å². The molecule has 1 aromatic heterocycles. The zero-order chi connectivity index (χ0) is 10.2. The monoisotopic (exact) mass is 199 g/mol. The van der Waals surface area contributed by atoms with Gasteiger partial charge in [0.1, 0.15) is 5.76 Å². The molecule has 1 rings (SSSR count). The van der Waals surface area contributed by atoms with Crippen LogP contribution in [0.5, 0.6) is 0 Å². The standard InChI is InChI=1S/C10H17NO3/c1-13-8-9(4-5-12)11-7-10-3-2-6-14-10/h2-3,6,9,11-12H,4-5,7-8H2,1H3. The fourth-order valence-electron chi connectivity index (χ4n) is 1.26. The number of furan rings is 1. The highest BCUT2D eigenvalue weighted by Crippen LogP contribution is 2.01. The van der Waals surface area contributed by atoms with Crippen molar-refractivity contribution >= 4 is 0 Å². The van der Waals surface area contributed by atoms with E-state index < -0.39 is 0 Å². The van der Waals surface area contributed by atoms with E-state index in [4.69, 9.17) is 14.3 Å². The molecule has 80 valence electrons. The van der Waals surface area contributed by atoms with Crippen molar-refractivity contribution in [2.24, 2.45) is 0 Å². The summed E-state index contributed by atoms with van der Waals surface area (Å²) < 4.78 is 10.2. The summed E-state index contributed by atoms with van der Waals surface area (Å²) in [5, 5.41) is 12.0. The first kappa shape index (κ1) is 11.2. The second-order valence-corrected chi connectivity index (χ2v) is 3.12. The molecular weight excluding hydrogens is 182 g/mol. The predicted molar refractivity (Wildman–Crippen MR) is 52.9 cm³/mol. The Kier molecular flexibility index (Phi) is 5.29. The molecule has 0 fully saturated rings. The Morgan fingerprint density at radius 3 is 3.07 bits per heavy atom. The lowest BCUT2D eigenvalue weighted by Crippen LogP contribution is -2.33. The molecule has 0 radical (unpaired) electrons. The topological polar surface area (TPSA) is 54.6 Å². The van der Waals surface area contributed by atoms with E-state index in [1.807, 2.05) is 12.1 Å². The highest BCUT2D eigenvalue weighted by atomic mass is 16.5. The van der Waals surface area contributed by atoms with E-state index in [2.05, 4.69) is 5.32 Å². The van der Waals surface area contributed by atoms with Gasteiger partial charge in [-0.25, -0.2) is 0 Å². The van der Waals surface area contributed by atoms with Gasteiger partial charge in [0, 0.05) is 19.8 Å². The largest absolute Gasteiger partial charge is 0.468 e. The van der Waals surface area contributed by atoms with E-state index in [1.54, 1.807) is 13.4 Å². The third-order valence-electron chi connectivity index (χ3n) is 1.99. The van der Waals surface area contributed by atoms with Crippen molar-refractivity contribution in [2.45, 2.75) is 19.0 Å². The summed E-state index contributed by atoms with van der Waals surface area (Å²) in [6.45, 7) is 1.43. The maximum Gasteiger partial charge on any atom is 0.117 e. The fraction of sp³-hybridized carbons (Fsp3) is 0.600. The molecule has 1 atom stereocenters. The van der Waals surface area contributed by atoms with Crippen LogP contribution in [-0.4, -0.2) is 31.5 Å².